The summed E-state index contributed by atoms with van der Waals surface area (Å²) in [4.78, 5) is 32.3. The van der Waals surface area contributed by atoms with Gasteiger partial charge in [0.15, 0.2) is 0 Å². The second-order valence-electron chi connectivity index (χ2n) is 4.81. The van der Waals surface area contributed by atoms with Crippen LogP contribution in [-0.2, 0) is 6.42 Å². The number of nitrogens with one attached hydrogen (secondary N) is 1. The van der Waals surface area contributed by atoms with Crippen LogP contribution < -0.4 is 5.32 Å². The summed E-state index contributed by atoms with van der Waals surface area (Å²) in [7, 11) is 0. The van der Waals surface area contributed by atoms with Crippen molar-refractivity contribution in [3.05, 3.63) is 49.0 Å². The Bertz CT molecular complexity index is 759. The summed E-state index contributed by atoms with van der Waals surface area (Å²) < 4.78 is 0. The lowest BCUT2D eigenvalue weighted by atomic mass is 10.1. The minimum Gasteiger partial charge on any atom is -0.296 e. The second-order valence-corrected chi connectivity index (χ2v) is 5.87. The van der Waals surface area contributed by atoms with Gasteiger partial charge in [0.1, 0.15) is 5.01 Å². The highest BCUT2D eigenvalue weighted by molar-refractivity contribution is 7.15. The van der Waals surface area contributed by atoms with Crippen LogP contribution in [0.15, 0.2) is 18.2 Å². The molecule has 0 fully saturated rings. The van der Waals surface area contributed by atoms with Crippen LogP contribution in [0.5, 0.6) is 0 Å². The molecule has 0 aliphatic rings. The van der Waals surface area contributed by atoms with Crippen molar-refractivity contribution in [2.75, 3.05) is 5.32 Å². The maximum atomic E-state index is 12.2. The minimum absolute atomic E-state index is 0.193. The Morgan fingerprint density at radius 1 is 1.17 bits per heavy atom. The fraction of sp³-hybridized carbons (Fsp3) is 0.308. The van der Waals surface area contributed by atoms with E-state index in [2.05, 4.69) is 15.5 Å². The highest BCUT2D eigenvalue weighted by Crippen LogP contribution is 2.24. The standard InChI is InChI=1S/C13H13N5O5S/c1-2-3-4-11-15-16-13(24-11)14-12(19)8-5-9(17(20)21)7-10(6-8)18(22)23/h5-7H,2-4H2,1H3,(H,14,16,19). The molecule has 0 aliphatic carbocycles. The van der Waals surface area contributed by atoms with Crippen molar-refractivity contribution in [3.8, 4) is 0 Å². The van der Waals surface area contributed by atoms with Gasteiger partial charge in [0.2, 0.25) is 5.13 Å². The van der Waals surface area contributed by atoms with Crippen LogP contribution in [0.1, 0.15) is 35.1 Å². The number of unbranched alkanes of at least 4 members (excludes halogenated alkanes) is 1. The molecular weight excluding hydrogens is 338 g/mol. The average Bonchev–Trinajstić information content (AvgIpc) is 2.99. The molecule has 0 unspecified atom stereocenters. The number of nitrogens with zero attached hydrogens (tertiary/aromatic N) is 4. The summed E-state index contributed by atoms with van der Waals surface area (Å²) in [6, 6.07) is 2.74. The van der Waals surface area contributed by atoms with E-state index < -0.39 is 27.1 Å². The second kappa shape index (κ2) is 7.55. The number of nitro benzene ring substituents is 2. The smallest absolute Gasteiger partial charge is 0.277 e. The lowest BCUT2D eigenvalue weighted by Gasteiger charge is -2.01. The van der Waals surface area contributed by atoms with E-state index in [0.717, 1.165) is 42.5 Å². The number of hydrogen-bond acceptors (Lipinski definition) is 8. The van der Waals surface area contributed by atoms with Gasteiger partial charge in [0, 0.05) is 18.6 Å². The number of hydrogen-bond donors (Lipinski definition) is 1. The maximum absolute atomic E-state index is 12.2. The van der Waals surface area contributed by atoms with Crippen LogP contribution in [0.3, 0.4) is 0 Å². The van der Waals surface area contributed by atoms with Crippen LogP contribution in [0.4, 0.5) is 16.5 Å². The number of anilines is 1. The third-order valence-corrected chi connectivity index (χ3v) is 3.92. The van der Waals surface area contributed by atoms with Gasteiger partial charge in [-0.25, -0.2) is 0 Å². The van der Waals surface area contributed by atoms with Gasteiger partial charge in [-0.15, -0.1) is 10.2 Å². The molecule has 1 N–H and O–H groups in total. The molecule has 10 nitrogen and oxygen atoms in total. The van der Waals surface area contributed by atoms with Crippen molar-refractivity contribution in [1.82, 2.24) is 10.2 Å². The van der Waals surface area contributed by atoms with E-state index in [1.165, 1.54) is 11.3 Å². The summed E-state index contributed by atoms with van der Waals surface area (Å²) in [6.07, 6.45) is 2.69. The van der Waals surface area contributed by atoms with Gasteiger partial charge in [0.25, 0.3) is 17.3 Å². The highest BCUT2D eigenvalue weighted by Gasteiger charge is 2.20. The van der Waals surface area contributed by atoms with E-state index in [4.69, 9.17) is 0 Å². The Hall–Kier alpha value is -2.95. The number of nitro groups is 2. The average molecular weight is 351 g/mol. The van der Waals surface area contributed by atoms with Gasteiger partial charge in [-0.3, -0.25) is 30.3 Å². The predicted octanol–water partition coefficient (Wildman–Crippen LogP) is 2.95. The molecule has 0 atom stereocenters. The number of rotatable bonds is 7. The number of amides is 1. The molecule has 0 radical (unpaired) electrons. The van der Waals surface area contributed by atoms with E-state index in [0.29, 0.717) is 0 Å². The van der Waals surface area contributed by atoms with Crippen LogP contribution in [0, 0.1) is 20.2 Å². The Morgan fingerprint density at radius 3 is 2.33 bits per heavy atom. The zero-order valence-corrected chi connectivity index (χ0v) is 13.4. The summed E-state index contributed by atoms with van der Waals surface area (Å²) in [6.45, 7) is 2.04. The number of carbonyl (C=O) groups excluding carboxylic acids is 1. The molecule has 24 heavy (non-hydrogen) atoms. The van der Waals surface area contributed by atoms with E-state index in [9.17, 15) is 25.0 Å². The monoisotopic (exact) mass is 351 g/mol. The normalized spacial score (nSPS) is 10.4. The number of carbonyl (C=O) groups is 1. The largest absolute Gasteiger partial charge is 0.296 e. The molecule has 0 spiro atoms. The summed E-state index contributed by atoms with van der Waals surface area (Å²) >= 11 is 1.19. The molecule has 1 aromatic heterocycles. The predicted molar refractivity (Wildman–Crippen MR) is 86.2 cm³/mol. The van der Waals surface area contributed by atoms with Gasteiger partial charge in [-0.05, 0) is 6.42 Å². The van der Waals surface area contributed by atoms with Gasteiger partial charge in [-0.1, -0.05) is 24.7 Å². The molecule has 0 saturated heterocycles. The van der Waals surface area contributed by atoms with Gasteiger partial charge in [0.05, 0.1) is 21.5 Å². The van der Waals surface area contributed by atoms with Gasteiger partial charge >= 0.3 is 0 Å². The molecule has 0 saturated carbocycles. The molecule has 126 valence electrons. The molecule has 2 rings (SSSR count). The summed E-state index contributed by atoms with van der Waals surface area (Å²) in [5, 5.41) is 32.9. The molecule has 1 heterocycles. The van der Waals surface area contributed by atoms with Crippen LogP contribution in [0.2, 0.25) is 0 Å². The summed E-state index contributed by atoms with van der Waals surface area (Å²) in [5.41, 5.74) is -1.26. The Balaban J connectivity index is 2.21. The van der Waals surface area contributed by atoms with Gasteiger partial charge in [-0.2, -0.15) is 0 Å². The van der Waals surface area contributed by atoms with Crippen molar-refractivity contribution < 1.29 is 14.6 Å². The number of aryl methyl sites for hydroxylation is 1. The van der Waals surface area contributed by atoms with Crippen molar-refractivity contribution in [2.45, 2.75) is 26.2 Å². The highest BCUT2D eigenvalue weighted by atomic mass is 32.1. The Labute approximate surface area is 139 Å². The van der Waals surface area contributed by atoms with Crippen LogP contribution >= 0.6 is 11.3 Å². The fourth-order valence-electron chi connectivity index (χ4n) is 1.84. The molecule has 0 aliphatic heterocycles. The van der Waals surface area contributed by atoms with Crippen molar-refractivity contribution in [3.63, 3.8) is 0 Å². The quantitative estimate of drug-likeness (QED) is 0.597. The topological polar surface area (TPSA) is 141 Å². The van der Waals surface area contributed by atoms with E-state index in [1.807, 2.05) is 6.92 Å². The first kappa shape index (κ1) is 17.4. The number of benzene rings is 1. The molecule has 1 aromatic carbocycles. The summed E-state index contributed by atoms with van der Waals surface area (Å²) in [5.74, 6) is -0.722. The van der Waals surface area contributed by atoms with Crippen LogP contribution in [0.25, 0.3) is 0 Å². The number of non-ortho nitro benzene ring substituents is 2. The SMILES string of the molecule is CCCCc1nnc(NC(=O)c2cc([N+](=O)[O-])cc([N+](=O)[O-])c2)s1. The molecular formula is C13H13N5O5S. The molecule has 1 amide bonds. The first-order valence-corrected chi connectivity index (χ1v) is 7.80. The number of aromatic nitrogens is 2. The first-order valence-electron chi connectivity index (χ1n) is 6.98. The third-order valence-electron chi connectivity index (χ3n) is 3.02. The Morgan fingerprint density at radius 2 is 1.79 bits per heavy atom. The zero-order chi connectivity index (χ0) is 17.7. The van der Waals surface area contributed by atoms with E-state index in [1.54, 1.807) is 0 Å². The minimum atomic E-state index is -0.794. The maximum Gasteiger partial charge on any atom is 0.277 e. The fourth-order valence-corrected chi connectivity index (χ4v) is 2.62. The molecule has 11 heteroatoms. The van der Waals surface area contributed by atoms with Crippen molar-refractivity contribution >= 4 is 33.8 Å². The lowest BCUT2D eigenvalue weighted by molar-refractivity contribution is -0.394. The van der Waals surface area contributed by atoms with Gasteiger partial charge < -0.3 is 0 Å². The zero-order valence-electron chi connectivity index (χ0n) is 12.6. The van der Waals surface area contributed by atoms with E-state index in [-0.39, 0.29) is 10.7 Å². The third kappa shape index (κ3) is 4.29. The molecule has 2 aromatic rings. The Kier molecular flexibility index (Phi) is 5.47. The van der Waals surface area contributed by atoms with Crippen molar-refractivity contribution in [2.24, 2.45) is 0 Å². The lowest BCUT2D eigenvalue weighted by Crippen LogP contribution is -2.12. The molecule has 0 bridgehead atoms. The van der Waals surface area contributed by atoms with Crippen LogP contribution in [-0.4, -0.2) is 26.0 Å². The first-order chi connectivity index (χ1) is 11.4. The van der Waals surface area contributed by atoms with E-state index >= 15 is 0 Å². The van der Waals surface area contributed by atoms with Crippen molar-refractivity contribution in [1.29, 1.82) is 0 Å².